The number of likely N-dealkylation sites (tertiary alicyclic amines) is 1. The molecule has 1 saturated heterocycles. The molecule has 2 rings (SSSR count). The predicted octanol–water partition coefficient (Wildman–Crippen LogP) is 1.99. The molecule has 0 aromatic rings. The number of carbonyl (C=O) groups is 2. The van der Waals surface area contributed by atoms with Gasteiger partial charge in [-0.3, -0.25) is 4.79 Å². The minimum absolute atomic E-state index is 0.00808. The molecular weight excluding hydrogens is 244 g/mol. The van der Waals surface area contributed by atoms with Gasteiger partial charge in [0.25, 0.3) is 0 Å². The van der Waals surface area contributed by atoms with Crippen LogP contribution in [0.2, 0.25) is 0 Å². The third-order valence-electron chi connectivity index (χ3n) is 3.91. The number of carboxylic acids is 1. The van der Waals surface area contributed by atoms with E-state index < -0.39 is 5.97 Å². The molecular formula is C14H22N2O3. The summed E-state index contributed by atoms with van der Waals surface area (Å²) >= 11 is 0. The van der Waals surface area contributed by atoms with Crippen molar-refractivity contribution < 1.29 is 14.7 Å². The number of hydrogen-bond acceptors (Lipinski definition) is 2. The predicted molar refractivity (Wildman–Crippen MR) is 71.9 cm³/mol. The maximum Gasteiger partial charge on any atom is 0.317 e. The smallest absolute Gasteiger partial charge is 0.317 e. The molecule has 1 fully saturated rings. The Kier molecular flexibility index (Phi) is 4.82. The SMILES string of the molecule is O=C(O)CCC1CCCN(C(=O)NC2CC=CC2)C1. The van der Waals surface area contributed by atoms with Crippen molar-refractivity contribution >= 4 is 12.0 Å². The Morgan fingerprint density at radius 3 is 2.74 bits per heavy atom. The molecule has 1 aliphatic heterocycles. The third-order valence-corrected chi connectivity index (χ3v) is 3.91. The van der Waals surface area contributed by atoms with Crippen LogP contribution in [-0.4, -0.2) is 41.1 Å². The number of rotatable bonds is 4. The number of piperidine rings is 1. The average Bonchev–Trinajstić information content (AvgIpc) is 2.89. The largest absolute Gasteiger partial charge is 0.481 e. The van der Waals surface area contributed by atoms with E-state index in [1.807, 2.05) is 4.90 Å². The monoisotopic (exact) mass is 266 g/mol. The van der Waals surface area contributed by atoms with Gasteiger partial charge in [-0.2, -0.15) is 0 Å². The fourth-order valence-corrected chi connectivity index (χ4v) is 2.81. The number of aliphatic carboxylic acids is 1. The highest BCUT2D eigenvalue weighted by atomic mass is 16.4. The Bertz CT molecular complexity index is 360. The van der Waals surface area contributed by atoms with E-state index in [2.05, 4.69) is 17.5 Å². The molecule has 19 heavy (non-hydrogen) atoms. The summed E-state index contributed by atoms with van der Waals surface area (Å²) in [5.74, 6) is -0.420. The fraction of sp³-hybridized carbons (Fsp3) is 0.714. The van der Waals surface area contributed by atoms with Gasteiger partial charge in [-0.1, -0.05) is 12.2 Å². The molecule has 5 nitrogen and oxygen atoms in total. The number of carbonyl (C=O) groups excluding carboxylic acids is 1. The lowest BCUT2D eigenvalue weighted by molar-refractivity contribution is -0.137. The molecule has 0 saturated carbocycles. The van der Waals surface area contributed by atoms with Crippen LogP contribution < -0.4 is 5.32 Å². The van der Waals surface area contributed by atoms with Crippen molar-refractivity contribution in [3.8, 4) is 0 Å². The van der Waals surface area contributed by atoms with Crippen LogP contribution in [0.1, 0.15) is 38.5 Å². The van der Waals surface area contributed by atoms with Crippen LogP contribution in [0.4, 0.5) is 4.79 Å². The summed E-state index contributed by atoms with van der Waals surface area (Å²) in [5.41, 5.74) is 0. The Labute approximate surface area is 113 Å². The van der Waals surface area contributed by atoms with Crippen molar-refractivity contribution in [2.75, 3.05) is 13.1 Å². The van der Waals surface area contributed by atoms with Gasteiger partial charge in [0, 0.05) is 25.6 Å². The fourth-order valence-electron chi connectivity index (χ4n) is 2.81. The number of urea groups is 1. The van der Waals surface area contributed by atoms with Gasteiger partial charge < -0.3 is 15.3 Å². The third kappa shape index (κ3) is 4.26. The van der Waals surface area contributed by atoms with Crippen LogP contribution in [-0.2, 0) is 4.79 Å². The van der Waals surface area contributed by atoms with Crippen molar-refractivity contribution in [1.29, 1.82) is 0 Å². The maximum atomic E-state index is 12.1. The lowest BCUT2D eigenvalue weighted by Crippen LogP contribution is -2.48. The van der Waals surface area contributed by atoms with Crippen LogP contribution in [0.3, 0.4) is 0 Å². The minimum atomic E-state index is -0.751. The van der Waals surface area contributed by atoms with Gasteiger partial charge in [-0.25, -0.2) is 4.79 Å². The van der Waals surface area contributed by atoms with Gasteiger partial charge >= 0.3 is 12.0 Å². The summed E-state index contributed by atoms with van der Waals surface area (Å²) in [5, 5.41) is 11.8. The molecule has 0 radical (unpaired) electrons. The molecule has 2 N–H and O–H groups in total. The van der Waals surface area contributed by atoms with E-state index in [9.17, 15) is 9.59 Å². The zero-order chi connectivity index (χ0) is 13.7. The van der Waals surface area contributed by atoms with Crippen LogP contribution in [0.25, 0.3) is 0 Å². The average molecular weight is 266 g/mol. The second kappa shape index (κ2) is 6.59. The molecule has 1 heterocycles. The topological polar surface area (TPSA) is 69.6 Å². The Morgan fingerprint density at radius 2 is 2.05 bits per heavy atom. The molecule has 1 aliphatic carbocycles. The summed E-state index contributed by atoms with van der Waals surface area (Å²) < 4.78 is 0. The molecule has 106 valence electrons. The van der Waals surface area contributed by atoms with Gasteiger partial charge in [-0.05, 0) is 38.0 Å². The van der Waals surface area contributed by atoms with E-state index >= 15 is 0 Å². The van der Waals surface area contributed by atoms with Crippen LogP contribution in [0, 0.1) is 5.92 Å². The van der Waals surface area contributed by atoms with Gasteiger partial charge in [0.2, 0.25) is 0 Å². The summed E-state index contributed by atoms with van der Waals surface area (Å²) in [7, 11) is 0. The van der Waals surface area contributed by atoms with E-state index in [4.69, 9.17) is 5.11 Å². The Balaban J connectivity index is 1.76. The first-order chi connectivity index (χ1) is 9.15. The van der Waals surface area contributed by atoms with E-state index in [1.54, 1.807) is 0 Å². The number of hydrogen-bond donors (Lipinski definition) is 2. The number of amides is 2. The van der Waals surface area contributed by atoms with Gasteiger partial charge in [0.05, 0.1) is 0 Å². The van der Waals surface area contributed by atoms with Crippen molar-refractivity contribution in [3.05, 3.63) is 12.2 Å². The highest BCUT2D eigenvalue weighted by Gasteiger charge is 2.25. The van der Waals surface area contributed by atoms with Crippen molar-refractivity contribution in [3.63, 3.8) is 0 Å². The van der Waals surface area contributed by atoms with E-state index in [0.29, 0.717) is 18.9 Å². The van der Waals surface area contributed by atoms with Crippen LogP contribution >= 0.6 is 0 Å². The van der Waals surface area contributed by atoms with Crippen molar-refractivity contribution in [2.45, 2.75) is 44.6 Å². The first kappa shape index (κ1) is 13.9. The minimum Gasteiger partial charge on any atom is -0.481 e. The van der Waals surface area contributed by atoms with E-state index in [-0.39, 0.29) is 18.5 Å². The quantitative estimate of drug-likeness (QED) is 0.764. The number of nitrogens with zero attached hydrogens (tertiary/aromatic N) is 1. The van der Waals surface area contributed by atoms with Gasteiger partial charge in [0.1, 0.15) is 0 Å². The maximum absolute atomic E-state index is 12.1. The standard InChI is InChI=1S/C14H22N2O3/c17-13(18)8-7-11-4-3-9-16(10-11)14(19)15-12-5-1-2-6-12/h1-2,11-12H,3-10H2,(H,15,19)(H,17,18). The summed E-state index contributed by atoms with van der Waals surface area (Å²) in [6.07, 6.45) is 8.90. The van der Waals surface area contributed by atoms with Crippen LogP contribution in [0.15, 0.2) is 12.2 Å². The molecule has 0 spiro atoms. The van der Waals surface area contributed by atoms with E-state index in [1.165, 1.54) is 0 Å². The lowest BCUT2D eigenvalue weighted by Gasteiger charge is -2.33. The number of nitrogens with one attached hydrogen (secondary N) is 1. The van der Waals surface area contributed by atoms with Crippen molar-refractivity contribution in [1.82, 2.24) is 10.2 Å². The summed E-state index contributed by atoms with van der Waals surface area (Å²) in [6, 6.07) is 0.251. The lowest BCUT2D eigenvalue weighted by atomic mass is 9.93. The second-order valence-electron chi connectivity index (χ2n) is 5.48. The Hall–Kier alpha value is -1.52. The van der Waals surface area contributed by atoms with E-state index in [0.717, 1.165) is 32.2 Å². The zero-order valence-corrected chi connectivity index (χ0v) is 11.2. The number of carboxylic acid groups (broad SMARTS) is 1. The van der Waals surface area contributed by atoms with Crippen molar-refractivity contribution in [2.24, 2.45) is 5.92 Å². The highest BCUT2D eigenvalue weighted by Crippen LogP contribution is 2.21. The molecule has 1 atom stereocenters. The molecule has 1 unspecified atom stereocenters. The summed E-state index contributed by atoms with van der Waals surface area (Å²) in [4.78, 5) is 24.5. The molecule has 2 aliphatic rings. The molecule has 5 heteroatoms. The molecule has 0 aromatic carbocycles. The normalized spacial score (nSPS) is 23.6. The molecule has 2 amide bonds. The van der Waals surface area contributed by atoms with Gasteiger partial charge in [0.15, 0.2) is 0 Å². The van der Waals surface area contributed by atoms with Crippen LogP contribution in [0.5, 0.6) is 0 Å². The first-order valence-corrected chi connectivity index (χ1v) is 7.07. The zero-order valence-electron chi connectivity index (χ0n) is 11.2. The Morgan fingerprint density at radius 1 is 1.32 bits per heavy atom. The first-order valence-electron chi connectivity index (χ1n) is 7.07. The van der Waals surface area contributed by atoms with Gasteiger partial charge in [-0.15, -0.1) is 0 Å². The molecule has 0 bridgehead atoms. The summed E-state index contributed by atoms with van der Waals surface area (Å²) in [6.45, 7) is 1.48. The highest BCUT2D eigenvalue weighted by molar-refractivity contribution is 5.74. The second-order valence-corrected chi connectivity index (χ2v) is 5.48. The molecule has 0 aromatic heterocycles.